The Hall–Kier alpha value is -2.56. The molecule has 0 bridgehead atoms. The first kappa shape index (κ1) is 15.0. The van der Waals surface area contributed by atoms with Crippen LogP contribution in [0.25, 0.3) is 10.8 Å². The first-order valence-electron chi connectivity index (χ1n) is 8.55. The van der Waals surface area contributed by atoms with E-state index >= 15 is 0 Å². The second-order valence-electron chi connectivity index (χ2n) is 6.54. The number of amides is 3. The number of hydrogen-bond acceptors (Lipinski definition) is 2. The molecule has 5 nitrogen and oxygen atoms in total. The van der Waals surface area contributed by atoms with Gasteiger partial charge in [0.25, 0.3) is 0 Å². The standard InChI is InChI=1S/C19H21N3O2/c23-18(15-8-9-15)21-10-12-22(13-11-21)19(24)20-17-7-3-5-14-4-1-2-6-16(14)17/h1-7,15H,8-13H2,(H,20,24). The summed E-state index contributed by atoms with van der Waals surface area (Å²) in [6.45, 7) is 2.46. The summed E-state index contributed by atoms with van der Waals surface area (Å²) < 4.78 is 0. The molecule has 1 saturated heterocycles. The highest BCUT2D eigenvalue weighted by Gasteiger charge is 2.35. The van der Waals surface area contributed by atoms with Crippen LogP contribution >= 0.6 is 0 Å². The molecule has 1 heterocycles. The smallest absolute Gasteiger partial charge is 0.321 e. The third-order valence-electron chi connectivity index (χ3n) is 4.84. The van der Waals surface area contributed by atoms with Crippen LogP contribution in [-0.4, -0.2) is 47.9 Å². The van der Waals surface area contributed by atoms with Crippen LogP contribution in [0.15, 0.2) is 42.5 Å². The lowest BCUT2D eigenvalue weighted by atomic mass is 10.1. The van der Waals surface area contributed by atoms with Crippen molar-refractivity contribution in [2.45, 2.75) is 12.8 Å². The number of urea groups is 1. The second kappa shape index (κ2) is 6.15. The summed E-state index contributed by atoms with van der Waals surface area (Å²) in [5, 5.41) is 5.16. The van der Waals surface area contributed by atoms with E-state index < -0.39 is 0 Å². The number of fused-ring (bicyclic) bond motifs is 1. The monoisotopic (exact) mass is 323 g/mol. The number of nitrogens with zero attached hydrogens (tertiary/aromatic N) is 2. The highest BCUT2D eigenvalue weighted by molar-refractivity contribution is 6.01. The molecule has 1 saturated carbocycles. The van der Waals surface area contributed by atoms with Gasteiger partial charge in [-0.1, -0.05) is 36.4 Å². The lowest BCUT2D eigenvalue weighted by Gasteiger charge is -2.34. The predicted molar refractivity (Wildman–Crippen MR) is 93.8 cm³/mol. The van der Waals surface area contributed by atoms with Gasteiger partial charge in [-0.05, 0) is 24.3 Å². The second-order valence-corrected chi connectivity index (χ2v) is 6.54. The molecule has 124 valence electrons. The fourth-order valence-electron chi connectivity index (χ4n) is 3.25. The van der Waals surface area contributed by atoms with E-state index in [1.807, 2.05) is 47.4 Å². The quantitative estimate of drug-likeness (QED) is 0.924. The van der Waals surface area contributed by atoms with Crippen LogP contribution < -0.4 is 5.32 Å². The summed E-state index contributed by atoms with van der Waals surface area (Å²) in [4.78, 5) is 28.3. The van der Waals surface area contributed by atoms with Crippen LogP contribution in [0.4, 0.5) is 10.5 Å². The molecular weight excluding hydrogens is 302 g/mol. The molecule has 1 aliphatic heterocycles. The molecule has 5 heteroatoms. The van der Waals surface area contributed by atoms with Crippen molar-refractivity contribution in [1.29, 1.82) is 0 Å². The molecule has 0 spiro atoms. The summed E-state index contributed by atoms with van der Waals surface area (Å²) in [6.07, 6.45) is 2.06. The zero-order valence-electron chi connectivity index (χ0n) is 13.6. The van der Waals surface area contributed by atoms with Crippen molar-refractivity contribution in [1.82, 2.24) is 9.80 Å². The minimum absolute atomic E-state index is 0.0927. The van der Waals surface area contributed by atoms with Crippen LogP contribution in [0.2, 0.25) is 0 Å². The number of piperazine rings is 1. The van der Waals surface area contributed by atoms with Gasteiger partial charge in [0.05, 0.1) is 5.69 Å². The van der Waals surface area contributed by atoms with E-state index in [1.54, 1.807) is 4.90 Å². The fourth-order valence-corrected chi connectivity index (χ4v) is 3.25. The Morgan fingerprint density at radius 2 is 1.54 bits per heavy atom. The molecule has 2 aromatic carbocycles. The van der Waals surface area contributed by atoms with Gasteiger partial charge in [-0.3, -0.25) is 4.79 Å². The molecule has 1 N–H and O–H groups in total. The van der Waals surface area contributed by atoms with Gasteiger partial charge in [0.2, 0.25) is 5.91 Å². The first-order valence-corrected chi connectivity index (χ1v) is 8.55. The summed E-state index contributed by atoms with van der Waals surface area (Å²) >= 11 is 0. The third-order valence-corrected chi connectivity index (χ3v) is 4.84. The number of hydrogen-bond donors (Lipinski definition) is 1. The Bertz CT molecular complexity index is 772. The van der Waals surface area contributed by atoms with Crippen molar-refractivity contribution in [3.63, 3.8) is 0 Å². The Morgan fingerprint density at radius 1 is 0.875 bits per heavy atom. The highest BCUT2D eigenvalue weighted by Crippen LogP contribution is 2.31. The summed E-state index contributed by atoms with van der Waals surface area (Å²) in [7, 11) is 0. The van der Waals surface area contributed by atoms with Crippen molar-refractivity contribution in [3.8, 4) is 0 Å². The third kappa shape index (κ3) is 2.94. The van der Waals surface area contributed by atoms with Gasteiger partial charge in [0, 0.05) is 37.5 Å². The van der Waals surface area contributed by atoms with Crippen LogP contribution in [0.5, 0.6) is 0 Å². The Morgan fingerprint density at radius 3 is 2.29 bits per heavy atom. The molecular formula is C19H21N3O2. The molecule has 0 aromatic heterocycles. The summed E-state index contributed by atoms with van der Waals surface area (Å²) in [5.74, 6) is 0.519. The van der Waals surface area contributed by atoms with Crippen LogP contribution in [0.3, 0.4) is 0 Å². The highest BCUT2D eigenvalue weighted by atomic mass is 16.2. The molecule has 0 atom stereocenters. The number of anilines is 1. The molecule has 0 unspecified atom stereocenters. The van der Waals surface area contributed by atoms with Crippen molar-refractivity contribution in [2.75, 3.05) is 31.5 Å². The average molecular weight is 323 g/mol. The molecule has 4 rings (SSSR count). The van der Waals surface area contributed by atoms with Crippen LogP contribution in [-0.2, 0) is 4.79 Å². The van der Waals surface area contributed by atoms with Crippen molar-refractivity contribution in [3.05, 3.63) is 42.5 Å². The van der Waals surface area contributed by atoms with E-state index in [0.717, 1.165) is 29.3 Å². The van der Waals surface area contributed by atoms with E-state index in [1.165, 1.54) is 0 Å². The van der Waals surface area contributed by atoms with Gasteiger partial charge < -0.3 is 15.1 Å². The average Bonchev–Trinajstić information content (AvgIpc) is 3.47. The maximum atomic E-state index is 12.5. The van der Waals surface area contributed by atoms with Gasteiger partial charge in [0.1, 0.15) is 0 Å². The predicted octanol–water partition coefficient (Wildman–Crippen LogP) is 2.93. The molecule has 0 radical (unpaired) electrons. The van der Waals surface area contributed by atoms with E-state index in [9.17, 15) is 9.59 Å². The molecule has 2 aromatic rings. The minimum atomic E-state index is -0.0927. The van der Waals surface area contributed by atoms with E-state index in [-0.39, 0.29) is 17.9 Å². The van der Waals surface area contributed by atoms with Crippen LogP contribution in [0.1, 0.15) is 12.8 Å². The summed E-state index contributed by atoms with van der Waals surface area (Å²) in [6, 6.07) is 13.8. The number of carbonyl (C=O) groups is 2. The number of carbonyl (C=O) groups excluding carboxylic acids is 2. The van der Waals surface area contributed by atoms with Gasteiger partial charge >= 0.3 is 6.03 Å². The maximum Gasteiger partial charge on any atom is 0.321 e. The Kier molecular flexibility index (Phi) is 3.84. The van der Waals surface area contributed by atoms with E-state index in [4.69, 9.17) is 0 Å². The molecule has 2 fully saturated rings. The minimum Gasteiger partial charge on any atom is -0.339 e. The lowest BCUT2D eigenvalue weighted by molar-refractivity contribution is -0.133. The fraction of sp³-hybridized carbons (Fsp3) is 0.368. The van der Waals surface area contributed by atoms with Gasteiger partial charge in [-0.25, -0.2) is 4.79 Å². The van der Waals surface area contributed by atoms with Crippen molar-refractivity contribution in [2.24, 2.45) is 5.92 Å². The van der Waals surface area contributed by atoms with Gasteiger partial charge in [0.15, 0.2) is 0 Å². The Balaban J connectivity index is 1.40. The lowest BCUT2D eigenvalue weighted by Crippen LogP contribution is -2.52. The largest absolute Gasteiger partial charge is 0.339 e. The normalized spacial score (nSPS) is 17.8. The van der Waals surface area contributed by atoms with Crippen molar-refractivity contribution >= 4 is 28.4 Å². The van der Waals surface area contributed by atoms with Crippen LogP contribution in [0, 0.1) is 5.92 Å². The molecule has 24 heavy (non-hydrogen) atoms. The van der Waals surface area contributed by atoms with E-state index in [0.29, 0.717) is 26.2 Å². The number of nitrogens with one attached hydrogen (secondary N) is 1. The SMILES string of the molecule is O=C(Nc1cccc2ccccc12)N1CCN(C(=O)C2CC2)CC1. The Labute approximate surface area is 141 Å². The molecule has 1 aliphatic carbocycles. The number of rotatable bonds is 2. The summed E-state index contributed by atoms with van der Waals surface area (Å²) in [5.41, 5.74) is 0.828. The zero-order valence-corrected chi connectivity index (χ0v) is 13.6. The van der Waals surface area contributed by atoms with Gasteiger partial charge in [-0.2, -0.15) is 0 Å². The molecule has 3 amide bonds. The topological polar surface area (TPSA) is 52.7 Å². The van der Waals surface area contributed by atoms with Gasteiger partial charge in [-0.15, -0.1) is 0 Å². The number of benzene rings is 2. The maximum absolute atomic E-state index is 12.5. The first-order chi connectivity index (χ1) is 11.7. The van der Waals surface area contributed by atoms with E-state index in [2.05, 4.69) is 5.32 Å². The molecule has 2 aliphatic rings. The zero-order chi connectivity index (χ0) is 16.5. The van der Waals surface area contributed by atoms with Crippen molar-refractivity contribution < 1.29 is 9.59 Å².